The van der Waals surface area contributed by atoms with Crippen molar-refractivity contribution < 1.29 is 27.1 Å². The number of esters is 1. The van der Waals surface area contributed by atoms with Crippen molar-refractivity contribution in [2.24, 2.45) is 11.8 Å². The van der Waals surface area contributed by atoms with Crippen molar-refractivity contribution in [2.45, 2.75) is 44.0 Å². The van der Waals surface area contributed by atoms with Crippen molar-refractivity contribution in [3.63, 3.8) is 0 Å². The van der Waals surface area contributed by atoms with Gasteiger partial charge in [0.15, 0.2) is 0 Å². The van der Waals surface area contributed by atoms with E-state index in [2.05, 4.69) is 5.32 Å². The molecule has 1 aromatic rings. The third kappa shape index (κ3) is 5.51. The molecule has 0 aromatic heterocycles. The summed E-state index contributed by atoms with van der Waals surface area (Å²) in [6, 6.07) is 3.97. The summed E-state index contributed by atoms with van der Waals surface area (Å²) in [6.07, 6.45) is 1.17. The van der Waals surface area contributed by atoms with E-state index < -0.39 is 27.9 Å². The lowest BCUT2D eigenvalue weighted by atomic mass is 9.96. The van der Waals surface area contributed by atoms with E-state index in [0.29, 0.717) is 19.3 Å². The third-order valence-corrected chi connectivity index (χ3v) is 6.70. The van der Waals surface area contributed by atoms with Gasteiger partial charge in [-0.05, 0) is 49.4 Å². The zero-order chi connectivity index (χ0) is 20.9. The number of methoxy groups -OCH3 is 1. The monoisotopic (exact) mass is 414 g/mol. The zero-order valence-electron chi connectivity index (χ0n) is 16.4. The van der Waals surface area contributed by atoms with Crippen LogP contribution in [0.5, 0.6) is 0 Å². The molecule has 1 fully saturated rings. The standard InChI is InChI=1S/C19H27FN2O5S/c1-13(2)12-17(19(24)27-3)21-18(23)14-8-10-22(11-9-14)28(25,26)16-6-4-15(20)5-7-16/h4-7,13-14,17H,8-12H2,1-3H3,(H,21,23)/t17-/m0/s1. The predicted octanol–water partition coefficient (Wildman–Crippen LogP) is 1.93. The molecule has 1 aromatic carbocycles. The maximum absolute atomic E-state index is 13.0. The second-order valence-corrected chi connectivity index (χ2v) is 9.28. The van der Waals surface area contributed by atoms with Gasteiger partial charge in [0, 0.05) is 19.0 Å². The second-order valence-electron chi connectivity index (χ2n) is 7.35. The number of piperidine rings is 1. The second kappa shape index (κ2) is 9.47. The number of nitrogens with zero attached hydrogens (tertiary/aromatic N) is 1. The fourth-order valence-corrected chi connectivity index (χ4v) is 4.70. The van der Waals surface area contributed by atoms with Crippen molar-refractivity contribution >= 4 is 21.9 Å². The first kappa shape index (κ1) is 22.3. The van der Waals surface area contributed by atoms with E-state index in [4.69, 9.17) is 4.74 Å². The van der Waals surface area contributed by atoms with Crippen LogP contribution in [-0.4, -0.2) is 50.8 Å². The van der Waals surface area contributed by atoms with Gasteiger partial charge in [0.1, 0.15) is 11.9 Å². The molecule has 156 valence electrons. The molecule has 1 N–H and O–H groups in total. The highest BCUT2D eigenvalue weighted by Crippen LogP contribution is 2.24. The van der Waals surface area contributed by atoms with Crippen molar-refractivity contribution in [1.82, 2.24) is 9.62 Å². The molecule has 1 amide bonds. The molecule has 1 aliphatic heterocycles. The number of nitrogens with one attached hydrogen (secondary N) is 1. The molecule has 0 saturated carbocycles. The van der Waals surface area contributed by atoms with E-state index in [1.807, 2.05) is 13.8 Å². The van der Waals surface area contributed by atoms with E-state index in [-0.39, 0.29) is 35.7 Å². The van der Waals surface area contributed by atoms with Gasteiger partial charge in [0.25, 0.3) is 0 Å². The Labute approximate surface area is 165 Å². The lowest BCUT2D eigenvalue weighted by Gasteiger charge is -2.31. The van der Waals surface area contributed by atoms with E-state index in [9.17, 15) is 22.4 Å². The molecule has 1 atom stereocenters. The summed E-state index contributed by atoms with van der Waals surface area (Å²) >= 11 is 0. The van der Waals surface area contributed by atoms with Gasteiger partial charge in [0.2, 0.25) is 15.9 Å². The average Bonchev–Trinajstić information content (AvgIpc) is 2.66. The van der Waals surface area contributed by atoms with Crippen molar-refractivity contribution in [3.8, 4) is 0 Å². The lowest BCUT2D eigenvalue weighted by molar-refractivity contribution is -0.146. The van der Waals surface area contributed by atoms with Gasteiger partial charge in [-0.2, -0.15) is 4.31 Å². The minimum Gasteiger partial charge on any atom is -0.467 e. The molecule has 28 heavy (non-hydrogen) atoms. The highest BCUT2D eigenvalue weighted by atomic mass is 32.2. The van der Waals surface area contributed by atoms with Gasteiger partial charge >= 0.3 is 5.97 Å². The van der Waals surface area contributed by atoms with Crippen molar-refractivity contribution in [3.05, 3.63) is 30.1 Å². The minimum atomic E-state index is -3.72. The number of amides is 1. The van der Waals surface area contributed by atoms with Gasteiger partial charge in [-0.25, -0.2) is 17.6 Å². The van der Waals surface area contributed by atoms with Gasteiger partial charge in [-0.1, -0.05) is 13.8 Å². The quantitative estimate of drug-likeness (QED) is 0.688. The van der Waals surface area contributed by atoms with E-state index >= 15 is 0 Å². The maximum atomic E-state index is 13.0. The summed E-state index contributed by atoms with van der Waals surface area (Å²) in [5, 5.41) is 2.74. The number of carbonyl (C=O) groups is 2. The first-order chi connectivity index (χ1) is 13.1. The molecule has 0 spiro atoms. The van der Waals surface area contributed by atoms with Crippen LogP contribution in [0.15, 0.2) is 29.2 Å². The summed E-state index contributed by atoms with van der Waals surface area (Å²) < 4.78 is 44.4. The molecule has 1 heterocycles. The largest absolute Gasteiger partial charge is 0.467 e. The van der Waals surface area contributed by atoms with Crippen LogP contribution in [0.25, 0.3) is 0 Å². The molecule has 7 nitrogen and oxygen atoms in total. The normalized spacial score (nSPS) is 17.3. The minimum absolute atomic E-state index is 0.0273. The highest BCUT2D eigenvalue weighted by molar-refractivity contribution is 7.89. The molecule has 0 radical (unpaired) electrons. The average molecular weight is 414 g/mol. The Balaban J connectivity index is 1.97. The fourth-order valence-electron chi connectivity index (χ4n) is 3.23. The Hall–Kier alpha value is -2.00. The number of hydrogen-bond donors (Lipinski definition) is 1. The molecular formula is C19H27FN2O5S. The van der Waals surface area contributed by atoms with Crippen LogP contribution in [0.4, 0.5) is 4.39 Å². The highest BCUT2D eigenvalue weighted by Gasteiger charge is 2.33. The molecule has 2 rings (SSSR count). The predicted molar refractivity (Wildman–Crippen MR) is 101 cm³/mol. The van der Waals surface area contributed by atoms with Crippen LogP contribution >= 0.6 is 0 Å². The number of hydrogen-bond acceptors (Lipinski definition) is 5. The number of ether oxygens (including phenoxy) is 1. The molecule has 1 aliphatic rings. The molecule has 0 aliphatic carbocycles. The Morgan fingerprint density at radius 3 is 2.29 bits per heavy atom. The summed E-state index contributed by atoms with van der Waals surface area (Å²) in [4.78, 5) is 24.5. The van der Waals surface area contributed by atoms with Gasteiger partial charge in [0.05, 0.1) is 12.0 Å². The summed E-state index contributed by atoms with van der Waals surface area (Å²) in [5.74, 6) is -1.43. The van der Waals surface area contributed by atoms with Crippen LogP contribution in [0.1, 0.15) is 33.1 Å². The van der Waals surface area contributed by atoms with Crippen LogP contribution in [0.3, 0.4) is 0 Å². The van der Waals surface area contributed by atoms with Crippen molar-refractivity contribution in [1.29, 1.82) is 0 Å². The lowest BCUT2D eigenvalue weighted by Crippen LogP contribution is -2.48. The Morgan fingerprint density at radius 1 is 1.21 bits per heavy atom. The fraction of sp³-hybridized carbons (Fsp3) is 0.579. The topological polar surface area (TPSA) is 92.8 Å². The zero-order valence-corrected chi connectivity index (χ0v) is 17.2. The summed E-state index contributed by atoms with van der Waals surface area (Å²) in [5.41, 5.74) is 0. The Morgan fingerprint density at radius 2 is 1.79 bits per heavy atom. The molecule has 0 bridgehead atoms. The van der Waals surface area contributed by atoms with Gasteiger partial charge < -0.3 is 10.1 Å². The van der Waals surface area contributed by atoms with Crippen LogP contribution < -0.4 is 5.32 Å². The third-order valence-electron chi connectivity index (χ3n) is 4.79. The van der Waals surface area contributed by atoms with Crippen molar-refractivity contribution in [2.75, 3.05) is 20.2 Å². The summed E-state index contributed by atoms with van der Waals surface area (Å²) in [6.45, 7) is 4.26. The van der Waals surface area contributed by atoms with Crippen LogP contribution in [0.2, 0.25) is 0 Å². The summed E-state index contributed by atoms with van der Waals surface area (Å²) in [7, 11) is -2.45. The Bertz CT molecular complexity index is 787. The van der Waals surface area contributed by atoms with Crippen LogP contribution in [0, 0.1) is 17.7 Å². The van der Waals surface area contributed by atoms with E-state index in [1.165, 1.54) is 23.5 Å². The molecular weight excluding hydrogens is 387 g/mol. The number of halogens is 1. The van der Waals surface area contributed by atoms with E-state index in [1.54, 1.807) is 0 Å². The molecule has 9 heteroatoms. The smallest absolute Gasteiger partial charge is 0.328 e. The number of rotatable bonds is 7. The number of benzene rings is 1. The van der Waals surface area contributed by atoms with E-state index in [0.717, 1.165) is 12.1 Å². The SMILES string of the molecule is COC(=O)[C@H](CC(C)C)NC(=O)C1CCN(S(=O)(=O)c2ccc(F)cc2)CC1. The van der Waals surface area contributed by atoms with Gasteiger partial charge in [-0.15, -0.1) is 0 Å². The first-order valence-electron chi connectivity index (χ1n) is 9.29. The van der Waals surface area contributed by atoms with Crippen LogP contribution in [-0.2, 0) is 24.3 Å². The molecule has 0 unspecified atom stereocenters. The number of carbonyl (C=O) groups excluding carboxylic acids is 2. The number of sulfonamides is 1. The Kier molecular flexibility index (Phi) is 7.54. The molecule has 1 saturated heterocycles. The first-order valence-corrected chi connectivity index (χ1v) is 10.7. The maximum Gasteiger partial charge on any atom is 0.328 e. The van der Waals surface area contributed by atoms with Gasteiger partial charge in [-0.3, -0.25) is 4.79 Å².